The highest BCUT2D eigenvalue weighted by Crippen LogP contribution is 2.25. The van der Waals surface area contributed by atoms with E-state index in [2.05, 4.69) is 5.32 Å². The second kappa shape index (κ2) is 7.99. The van der Waals surface area contributed by atoms with Crippen molar-refractivity contribution >= 4 is 22.5 Å². The lowest BCUT2D eigenvalue weighted by Gasteiger charge is -2.14. The van der Waals surface area contributed by atoms with Crippen molar-refractivity contribution in [1.82, 2.24) is 9.13 Å². The molecule has 3 rings (SSSR count). The Balaban J connectivity index is 1.98. The van der Waals surface area contributed by atoms with Gasteiger partial charge in [0.2, 0.25) is 5.91 Å². The third-order valence-corrected chi connectivity index (χ3v) is 4.39. The molecule has 0 atom stereocenters. The molecule has 1 aromatic heterocycles. The largest absolute Gasteiger partial charge is 0.497 e. The highest BCUT2D eigenvalue weighted by molar-refractivity contribution is 5.92. The average Bonchev–Trinajstić information content (AvgIpc) is 2.71. The Hall–Kier alpha value is -3.55. The molecule has 0 unspecified atom stereocenters. The first kappa shape index (κ1) is 19.2. The maximum Gasteiger partial charge on any atom is 0.331 e. The lowest BCUT2D eigenvalue weighted by Crippen LogP contribution is -2.41. The predicted molar refractivity (Wildman–Crippen MR) is 106 cm³/mol. The van der Waals surface area contributed by atoms with Crippen LogP contribution in [-0.4, -0.2) is 29.3 Å². The number of hydrogen-bond donors (Lipinski definition) is 1. The second-order valence-electron chi connectivity index (χ2n) is 6.08. The fourth-order valence-corrected chi connectivity index (χ4v) is 3.03. The third-order valence-electron chi connectivity index (χ3n) is 4.39. The van der Waals surface area contributed by atoms with Crippen molar-refractivity contribution in [2.45, 2.75) is 20.0 Å². The van der Waals surface area contributed by atoms with E-state index < -0.39 is 11.6 Å². The quantitative estimate of drug-likeness (QED) is 0.701. The molecule has 8 nitrogen and oxygen atoms in total. The summed E-state index contributed by atoms with van der Waals surface area (Å²) in [6, 6.07) is 11.7. The number of para-hydroxylation sites is 1. The number of amides is 1. The molecule has 2 aromatic carbocycles. The maximum absolute atomic E-state index is 12.7. The van der Waals surface area contributed by atoms with E-state index in [1.807, 2.05) is 0 Å². The van der Waals surface area contributed by atoms with Crippen LogP contribution in [0, 0.1) is 0 Å². The van der Waals surface area contributed by atoms with Gasteiger partial charge in [0.05, 0.1) is 25.1 Å². The van der Waals surface area contributed by atoms with Crippen molar-refractivity contribution < 1.29 is 14.3 Å². The van der Waals surface area contributed by atoms with Crippen LogP contribution in [0.5, 0.6) is 11.5 Å². The fourth-order valence-electron chi connectivity index (χ4n) is 3.03. The Morgan fingerprint density at radius 1 is 1.00 bits per heavy atom. The monoisotopic (exact) mass is 383 g/mol. The topological polar surface area (TPSA) is 91.6 Å². The molecule has 0 aliphatic heterocycles. The number of methoxy groups -OCH3 is 2. The van der Waals surface area contributed by atoms with Gasteiger partial charge in [-0.1, -0.05) is 12.1 Å². The summed E-state index contributed by atoms with van der Waals surface area (Å²) in [6.07, 6.45) is 0. The van der Waals surface area contributed by atoms with E-state index in [-0.39, 0.29) is 18.6 Å². The van der Waals surface area contributed by atoms with Gasteiger partial charge in [-0.15, -0.1) is 0 Å². The second-order valence-corrected chi connectivity index (χ2v) is 6.08. The van der Waals surface area contributed by atoms with E-state index in [0.29, 0.717) is 28.1 Å². The molecule has 3 aromatic rings. The Morgan fingerprint density at radius 3 is 2.25 bits per heavy atom. The van der Waals surface area contributed by atoms with Gasteiger partial charge < -0.3 is 14.8 Å². The number of ether oxygens (including phenoxy) is 2. The minimum Gasteiger partial charge on any atom is -0.497 e. The number of hydrogen-bond acceptors (Lipinski definition) is 5. The van der Waals surface area contributed by atoms with Gasteiger partial charge in [-0.05, 0) is 19.1 Å². The van der Waals surface area contributed by atoms with Gasteiger partial charge >= 0.3 is 5.69 Å². The van der Waals surface area contributed by atoms with E-state index in [4.69, 9.17) is 9.47 Å². The van der Waals surface area contributed by atoms with Crippen LogP contribution >= 0.6 is 0 Å². The summed E-state index contributed by atoms with van der Waals surface area (Å²) < 4.78 is 12.8. The number of aromatic nitrogens is 2. The van der Waals surface area contributed by atoms with Crippen molar-refractivity contribution in [3.8, 4) is 11.5 Å². The first-order valence-electron chi connectivity index (χ1n) is 8.73. The SMILES string of the molecule is CCn1c(=O)c2ccccc2n(CC(=O)Nc2cc(OC)cc(OC)c2)c1=O. The number of benzene rings is 2. The van der Waals surface area contributed by atoms with Crippen LogP contribution in [-0.2, 0) is 17.9 Å². The van der Waals surface area contributed by atoms with Crippen molar-refractivity contribution in [3.05, 3.63) is 63.3 Å². The molecule has 8 heteroatoms. The van der Waals surface area contributed by atoms with E-state index in [0.717, 1.165) is 4.57 Å². The zero-order valence-corrected chi connectivity index (χ0v) is 15.9. The van der Waals surface area contributed by atoms with Crippen molar-refractivity contribution in [1.29, 1.82) is 0 Å². The van der Waals surface area contributed by atoms with Crippen LogP contribution < -0.4 is 26.0 Å². The van der Waals surface area contributed by atoms with Crippen LogP contribution in [0.25, 0.3) is 10.9 Å². The van der Waals surface area contributed by atoms with Crippen LogP contribution in [0.1, 0.15) is 6.92 Å². The molecule has 1 N–H and O–H groups in total. The molecule has 0 bridgehead atoms. The molecule has 0 spiro atoms. The van der Waals surface area contributed by atoms with Crippen LogP contribution in [0.15, 0.2) is 52.1 Å². The molecule has 0 saturated heterocycles. The van der Waals surface area contributed by atoms with Gasteiger partial charge in [-0.2, -0.15) is 0 Å². The van der Waals surface area contributed by atoms with Gasteiger partial charge in [-0.25, -0.2) is 4.79 Å². The van der Waals surface area contributed by atoms with Gasteiger partial charge in [0.25, 0.3) is 5.56 Å². The number of rotatable bonds is 6. The number of fused-ring (bicyclic) bond motifs is 1. The normalized spacial score (nSPS) is 10.7. The van der Waals surface area contributed by atoms with Gasteiger partial charge in [0.1, 0.15) is 18.0 Å². The Kier molecular flexibility index (Phi) is 5.49. The molecule has 0 radical (unpaired) electrons. The predicted octanol–water partition coefficient (Wildman–Crippen LogP) is 1.84. The Labute approximate surface area is 160 Å². The number of anilines is 1. The zero-order valence-electron chi connectivity index (χ0n) is 15.9. The molecule has 0 fully saturated rings. The minimum absolute atomic E-state index is 0.219. The number of nitrogens with one attached hydrogen (secondary N) is 1. The molecule has 0 aliphatic rings. The lowest BCUT2D eigenvalue weighted by atomic mass is 10.2. The van der Waals surface area contributed by atoms with Crippen LogP contribution in [0.3, 0.4) is 0 Å². The van der Waals surface area contributed by atoms with Crippen LogP contribution in [0.4, 0.5) is 5.69 Å². The molecule has 0 aliphatic carbocycles. The third kappa shape index (κ3) is 3.62. The zero-order chi connectivity index (χ0) is 20.3. The van der Waals surface area contributed by atoms with Gasteiger partial charge in [-0.3, -0.25) is 18.7 Å². The maximum atomic E-state index is 12.7. The number of nitrogens with zero attached hydrogens (tertiary/aromatic N) is 2. The summed E-state index contributed by atoms with van der Waals surface area (Å²) in [5.41, 5.74) is 0.00445. The van der Waals surface area contributed by atoms with Crippen molar-refractivity contribution in [2.24, 2.45) is 0 Å². The molecule has 1 heterocycles. The summed E-state index contributed by atoms with van der Waals surface area (Å²) in [4.78, 5) is 37.8. The average molecular weight is 383 g/mol. The molecular weight excluding hydrogens is 362 g/mol. The first-order valence-corrected chi connectivity index (χ1v) is 8.73. The van der Waals surface area contributed by atoms with E-state index in [1.165, 1.54) is 18.8 Å². The fraction of sp³-hybridized carbons (Fsp3) is 0.250. The molecule has 0 saturated carbocycles. The Bertz CT molecular complexity index is 1120. The molecule has 146 valence electrons. The number of carbonyl (C=O) groups excluding carboxylic acids is 1. The summed E-state index contributed by atoms with van der Waals surface area (Å²) in [7, 11) is 3.03. The highest BCUT2D eigenvalue weighted by atomic mass is 16.5. The van der Waals surface area contributed by atoms with Crippen LogP contribution in [0.2, 0.25) is 0 Å². The van der Waals surface area contributed by atoms with E-state index in [1.54, 1.807) is 49.4 Å². The summed E-state index contributed by atoms with van der Waals surface area (Å²) in [5.74, 6) is 0.637. The summed E-state index contributed by atoms with van der Waals surface area (Å²) in [5, 5.41) is 3.13. The summed E-state index contributed by atoms with van der Waals surface area (Å²) in [6.45, 7) is 1.70. The van der Waals surface area contributed by atoms with Gasteiger partial charge in [0.15, 0.2) is 0 Å². The van der Waals surface area contributed by atoms with Gasteiger partial charge in [0, 0.05) is 30.4 Å². The van der Waals surface area contributed by atoms with Crippen molar-refractivity contribution in [3.63, 3.8) is 0 Å². The molecule has 28 heavy (non-hydrogen) atoms. The Morgan fingerprint density at radius 2 is 1.64 bits per heavy atom. The van der Waals surface area contributed by atoms with Crippen molar-refractivity contribution in [2.75, 3.05) is 19.5 Å². The summed E-state index contributed by atoms with van der Waals surface area (Å²) >= 11 is 0. The highest BCUT2D eigenvalue weighted by Gasteiger charge is 2.15. The first-order chi connectivity index (χ1) is 13.5. The standard InChI is InChI=1S/C20H21N3O5/c1-4-22-19(25)16-7-5-6-8-17(16)23(20(22)26)12-18(24)21-13-9-14(27-2)11-15(10-13)28-3/h5-11H,4,12H2,1-3H3,(H,21,24). The lowest BCUT2D eigenvalue weighted by molar-refractivity contribution is -0.116. The minimum atomic E-state index is -0.524. The molecular formula is C20H21N3O5. The smallest absolute Gasteiger partial charge is 0.331 e. The molecule has 1 amide bonds. The van der Waals surface area contributed by atoms with E-state index >= 15 is 0 Å². The van der Waals surface area contributed by atoms with E-state index in [9.17, 15) is 14.4 Å². The number of carbonyl (C=O) groups is 1.